The molecule has 0 radical (unpaired) electrons. The molecule has 0 aliphatic rings. The number of halogens is 1. The lowest BCUT2D eigenvalue weighted by atomic mass is 10.3. The van der Waals surface area contributed by atoms with Gasteiger partial charge in [0.15, 0.2) is 0 Å². The third kappa shape index (κ3) is 3.85. The van der Waals surface area contributed by atoms with Gasteiger partial charge in [0.2, 0.25) is 5.91 Å². The second-order valence-corrected chi connectivity index (χ2v) is 3.71. The third-order valence-corrected chi connectivity index (χ3v) is 2.02. The highest BCUT2D eigenvalue weighted by Gasteiger charge is 2.01. The first kappa shape index (κ1) is 11.1. The first-order chi connectivity index (χ1) is 6.72. The number of pyridine rings is 1. The molecule has 4 nitrogen and oxygen atoms in total. The van der Waals surface area contributed by atoms with Crippen LogP contribution in [0.5, 0.6) is 0 Å². The highest BCUT2D eigenvalue weighted by atomic mass is 79.9. The van der Waals surface area contributed by atoms with Crippen molar-refractivity contribution >= 4 is 27.5 Å². The van der Waals surface area contributed by atoms with Crippen molar-refractivity contribution in [2.45, 2.75) is 6.42 Å². The number of hydrogen-bond donors (Lipinski definition) is 2. The van der Waals surface area contributed by atoms with E-state index in [4.69, 9.17) is 0 Å². The molecule has 0 spiro atoms. The van der Waals surface area contributed by atoms with Gasteiger partial charge < -0.3 is 10.6 Å². The minimum absolute atomic E-state index is 0.0146. The maximum absolute atomic E-state index is 11.3. The van der Waals surface area contributed by atoms with Crippen LogP contribution in [0.1, 0.15) is 6.42 Å². The van der Waals surface area contributed by atoms with Gasteiger partial charge >= 0.3 is 0 Å². The number of carbonyl (C=O) groups is 1. The number of amides is 1. The Hall–Kier alpha value is -0.940. The SMILES string of the molecule is CNCCC(=O)Nc1cncc(Br)c1. The zero-order valence-corrected chi connectivity index (χ0v) is 9.47. The van der Waals surface area contributed by atoms with E-state index >= 15 is 0 Å². The van der Waals surface area contributed by atoms with Crippen LogP contribution in [0, 0.1) is 0 Å². The van der Waals surface area contributed by atoms with Crippen molar-refractivity contribution < 1.29 is 4.79 Å². The average molecular weight is 258 g/mol. The van der Waals surface area contributed by atoms with E-state index < -0.39 is 0 Å². The molecule has 0 aliphatic carbocycles. The summed E-state index contributed by atoms with van der Waals surface area (Å²) in [5.41, 5.74) is 0.709. The van der Waals surface area contributed by atoms with Crippen molar-refractivity contribution in [3.8, 4) is 0 Å². The molecule has 1 rings (SSSR count). The van der Waals surface area contributed by atoms with E-state index in [2.05, 4.69) is 31.5 Å². The molecule has 1 aromatic heterocycles. The van der Waals surface area contributed by atoms with E-state index in [9.17, 15) is 4.79 Å². The fraction of sp³-hybridized carbons (Fsp3) is 0.333. The molecule has 0 atom stereocenters. The first-order valence-corrected chi connectivity index (χ1v) is 5.06. The Kier molecular flexibility index (Phi) is 4.55. The molecular formula is C9H12BrN3O. The highest BCUT2D eigenvalue weighted by Crippen LogP contribution is 2.13. The van der Waals surface area contributed by atoms with Gasteiger partial charge in [-0.1, -0.05) is 0 Å². The lowest BCUT2D eigenvalue weighted by Crippen LogP contribution is -2.18. The van der Waals surface area contributed by atoms with Crippen LogP contribution >= 0.6 is 15.9 Å². The van der Waals surface area contributed by atoms with Gasteiger partial charge in [-0.3, -0.25) is 9.78 Å². The molecule has 0 saturated carbocycles. The Balaban J connectivity index is 2.47. The maximum Gasteiger partial charge on any atom is 0.225 e. The van der Waals surface area contributed by atoms with Crippen molar-refractivity contribution in [1.29, 1.82) is 0 Å². The molecule has 2 N–H and O–H groups in total. The van der Waals surface area contributed by atoms with Gasteiger partial charge in [-0.05, 0) is 29.0 Å². The van der Waals surface area contributed by atoms with E-state index in [1.165, 1.54) is 0 Å². The molecule has 1 aromatic rings. The van der Waals surface area contributed by atoms with Gasteiger partial charge in [-0.2, -0.15) is 0 Å². The zero-order chi connectivity index (χ0) is 10.4. The van der Waals surface area contributed by atoms with Crippen LogP contribution in [-0.2, 0) is 4.79 Å². The van der Waals surface area contributed by atoms with Gasteiger partial charge in [0.25, 0.3) is 0 Å². The summed E-state index contributed by atoms with van der Waals surface area (Å²) in [6, 6.07) is 1.81. The summed E-state index contributed by atoms with van der Waals surface area (Å²) in [7, 11) is 1.81. The molecule has 1 amide bonds. The number of nitrogens with one attached hydrogen (secondary N) is 2. The summed E-state index contributed by atoms with van der Waals surface area (Å²) < 4.78 is 0.851. The number of anilines is 1. The van der Waals surface area contributed by atoms with E-state index in [1.807, 2.05) is 13.1 Å². The van der Waals surface area contributed by atoms with Gasteiger partial charge in [-0.15, -0.1) is 0 Å². The van der Waals surface area contributed by atoms with Crippen molar-refractivity contribution in [3.63, 3.8) is 0 Å². The van der Waals surface area contributed by atoms with E-state index in [-0.39, 0.29) is 5.91 Å². The molecule has 1 heterocycles. The topological polar surface area (TPSA) is 54.0 Å². The Morgan fingerprint density at radius 3 is 3.00 bits per heavy atom. The highest BCUT2D eigenvalue weighted by molar-refractivity contribution is 9.10. The fourth-order valence-electron chi connectivity index (χ4n) is 0.942. The quantitative estimate of drug-likeness (QED) is 0.858. The lowest BCUT2D eigenvalue weighted by molar-refractivity contribution is -0.116. The number of hydrogen-bond acceptors (Lipinski definition) is 3. The number of rotatable bonds is 4. The zero-order valence-electron chi connectivity index (χ0n) is 7.88. The molecule has 76 valence electrons. The monoisotopic (exact) mass is 257 g/mol. The van der Waals surface area contributed by atoms with Crippen LogP contribution in [0.2, 0.25) is 0 Å². The fourth-order valence-corrected chi connectivity index (χ4v) is 1.31. The standard InChI is InChI=1S/C9H12BrN3O/c1-11-3-2-9(14)13-8-4-7(10)5-12-6-8/h4-6,11H,2-3H2,1H3,(H,13,14). The molecule has 0 saturated heterocycles. The van der Waals surface area contributed by atoms with Gasteiger partial charge in [0.05, 0.1) is 11.9 Å². The predicted octanol–water partition coefficient (Wildman–Crippen LogP) is 1.39. The van der Waals surface area contributed by atoms with Crippen LogP contribution in [0.3, 0.4) is 0 Å². The number of aromatic nitrogens is 1. The van der Waals surface area contributed by atoms with Crippen LogP contribution in [-0.4, -0.2) is 24.5 Å². The Morgan fingerprint density at radius 1 is 1.57 bits per heavy atom. The Bertz CT molecular complexity index is 317. The molecule has 0 bridgehead atoms. The smallest absolute Gasteiger partial charge is 0.225 e. The van der Waals surface area contributed by atoms with Crippen molar-refractivity contribution in [2.24, 2.45) is 0 Å². The van der Waals surface area contributed by atoms with Crippen molar-refractivity contribution in [3.05, 3.63) is 22.9 Å². The molecule has 0 unspecified atom stereocenters. The number of nitrogens with zero attached hydrogens (tertiary/aromatic N) is 1. The molecule has 14 heavy (non-hydrogen) atoms. The second kappa shape index (κ2) is 5.72. The van der Waals surface area contributed by atoms with Gasteiger partial charge in [0, 0.05) is 23.6 Å². The van der Waals surface area contributed by atoms with Crippen molar-refractivity contribution in [1.82, 2.24) is 10.3 Å². The third-order valence-electron chi connectivity index (χ3n) is 1.59. The predicted molar refractivity (Wildman–Crippen MR) is 59.1 cm³/mol. The molecule has 0 aliphatic heterocycles. The maximum atomic E-state index is 11.3. The van der Waals surface area contributed by atoms with Gasteiger partial charge in [0.1, 0.15) is 0 Å². The Morgan fingerprint density at radius 2 is 2.36 bits per heavy atom. The first-order valence-electron chi connectivity index (χ1n) is 4.27. The average Bonchev–Trinajstić information content (AvgIpc) is 2.15. The summed E-state index contributed by atoms with van der Waals surface area (Å²) in [4.78, 5) is 15.2. The second-order valence-electron chi connectivity index (χ2n) is 2.79. The molecule has 5 heteroatoms. The molecule has 0 fully saturated rings. The summed E-state index contributed by atoms with van der Waals surface area (Å²) >= 11 is 3.28. The normalized spacial score (nSPS) is 9.86. The minimum Gasteiger partial charge on any atom is -0.325 e. The van der Waals surface area contributed by atoms with E-state index in [1.54, 1.807) is 12.4 Å². The minimum atomic E-state index is -0.0146. The lowest BCUT2D eigenvalue weighted by Gasteiger charge is -2.04. The Labute approximate surface area is 91.2 Å². The van der Waals surface area contributed by atoms with E-state index in [0.29, 0.717) is 18.7 Å². The molecule has 0 aromatic carbocycles. The van der Waals surface area contributed by atoms with E-state index in [0.717, 1.165) is 4.47 Å². The van der Waals surface area contributed by atoms with Crippen LogP contribution in [0.25, 0.3) is 0 Å². The van der Waals surface area contributed by atoms with Crippen LogP contribution < -0.4 is 10.6 Å². The molecular weight excluding hydrogens is 246 g/mol. The summed E-state index contributed by atoms with van der Waals surface area (Å²) in [6.45, 7) is 0.674. The van der Waals surface area contributed by atoms with Gasteiger partial charge in [-0.25, -0.2) is 0 Å². The van der Waals surface area contributed by atoms with Crippen molar-refractivity contribution in [2.75, 3.05) is 18.9 Å². The van der Waals surface area contributed by atoms with Crippen LogP contribution in [0.4, 0.5) is 5.69 Å². The number of carbonyl (C=O) groups excluding carboxylic acids is 1. The summed E-state index contributed by atoms with van der Waals surface area (Å²) in [6.07, 6.45) is 3.74. The summed E-state index contributed by atoms with van der Waals surface area (Å²) in [5, 5.41) is 5.66. The summed E-state index contributed by atoms with van der Waals surface area (Å²) in [5.74, 6) is -0.0146. The van der Waals surface area contributed by atoms with Crippen LogP contribution in [0.15, 0.2) is 22.9 Å². The largest absolute Gasteiger partial charge is 0.325 e.